The molecule has 2 N–H and O–H groups in total. The maximum atomic E-state index is 12.5. The molecule has 28 heavy (non-hydrogen) atoms. The van der Waals surface area contributed by atoms with Gasteiger partial charge in [0.25, 0.3) is 0 Å². The number of para-hydroxylation sites is 2. The van der Waals surface area contributed by atoms with Crippen molar-refractivity contribution >= 4 is 45.2 Å². The Morgan fingerprint density at radius 1 is 1.18 bits per heavy atom. The van der Waals surface area contributed by atoms with Crippen LogP contribution in [0.2, 0.25) is 0 Å². The molecule has 0 aliphatic carbocycles. The largest absolute Gasteiger partial charge is 0.497 e. The Hall–Kier alpha value is -2.84. The lowest BCUT2D eigenvalue weighted by Gasteiger charge is -2.08. The molecule has 0 saturated heterocycles. The third-order valence-corrected chi connectivity index (χ3v) is 5.89. The number of H-pyrrole nitrogens is 1. The molecule has 2 heterocycles. The van der Waals surface area contributed by atoms with Crippen molar-refractivity contribution in [2.45, 2.75) is 17.3 Å². The number of carbonyl (C=O) groups is 1. The topological polar surface area (TPSA) is 79.9 Å². The summed E-state index contributed by atoms with van der Waals surface area (Å²) < 4.78 is 5.17. The van der Waals surface area contributed by atoms with Gasteiger partial charge in [-0.25, -0.2) is 9.97 Å². The van der Waals surface area contributed by atoms with E-state index in [-0.39, 0.29) is 11.2 Å². The second-order valence-electron chi connectivity index (χ2n) is 6.07. The van der Waals surface area contributed by atoms with Gasteiger partial charge in [0, 0.05) is 10.9 Å². The van der Waals surface area contributed by atoms with Gasteiger partial charge in [-0.05, 0) is 43.3 Å². The van der Waals surface area contributed by atoms with Crippen LogP contribution in [0.5, 0.6) is 5.75 Å². The van der Waals surface area contributed by atoms with Gasteiger partial charge in [-0.1, -0.05) is 23.9 Å². The molecule has 0 aliphatic heterocycles. The predicted molar refractivity (Wildman–Crippen MR) is 114 cm³/mol. The van der Waals surface area contributed by atoms with Crippen molar-refractivity contribution in [1.29, 1.82) is 0 Å². The molecule has 1 unspecified atom stereocenters. The number of anilines is 1. The minimum atomic E-state index is -0.311. The number of methoxy groups -OCH3 is 1. The Labute approximate surface area is 170 Å². The molecule has 0 spiro atoms. The van der Waals surface area contributed by atoms with Crippen LogP contribution in [-0.4, -0.2) is 33.2 Å². The van der Waals surface area contributed by atoms with Crippen LogP contribution in [-0.2, 0) is 4.79 Å². The van der Waals surface area contributed by atoms with Crippen LogP contribution in [0.25, 0.3) is 22.3 Å². The van der Waals surface area contributed by atoms with Crippen molar-refractivity contribution in [2.75, 3.05) is 12.4 Å². The molecular weight excluding hydrogens is 392 g/mol. The Morgan fingerprint density at radius 3 is 2.71 bits per heavy atom. The third-order valence-electron chi connectivity index (χ3n) is 4.15. The van der Waals surface area contributed by atoms with E-state index in [0.29, 0.717) is 5.13 Å². The number of ether oxygens (including phenoxy) is 1. The second kappa shape index (κ2) is 8.04. The fraction of sp³-hybridized carbons (Fsp3) is 0.150. The summed E-state index contributed by atoms with van der Waals surface area (Å²) >= 11 is 2.79. The van der Waals surface area contributed by atoms with Crippen molar-refractivity contribution in [3.63, 3.8) is 0 Å². The van der Waals surface area contributed by atoms with Gasteiger partial charge in [-0.2, -0.15) is 0 Å². The average Bonchev–Trinajstić information content (AvgIpc) is 3.34. The number of benzene rings is 2. The van der Waals surface area contributed by atoms with E-state index in [1.807, 2.05) is 60.8 Å². The molecule has 4 aromatic rings. The van der Waals surface area contributed by atoms with Crippen molar-refractivity contribution in [3.8, 4) is 17.0 Å². The molecule has 2 aromatic carbocycles. The molecular formula is C20H18N4O2S2. The molecule has 0 bridgehead atoms. The lowest BCUT2D eigenvalue weighted by atomic mass is 10.2. The number of rotatable bonds is 6. The second-order valence-corrected chi connectivity index (χ2v) is 8.26. The molecule has 2 aromatic heterocycles. The molecule has 1 amide bonds. The van der Waals surface area contributed by atoms with Crippen LogP contribution in [0.15, 0.2) is 59.1 Å². The highest BCUT2D eigenvalue weighted by molar-refractivity contribution is 8.00. The van der Waals surface area contributed by atoms with E-state index in [0.717, 1.165) is 33.2 Å². The quantitative estimate of drug-likeness (QED) is 0.446. The fourth-order valence-corrected chi connectivity index (χ4v) is 4.18. The monoisotopic (exact) mass is 410 g/mol. The zero-order valence-electron chi connectivity index (χ0n) is 15.3. The summed E-state index contributed by atoms with van der Waals surface area (Å²) in [6.07, 6.45) is 0. The number of hydrogen-bond acceptors (Lipinski definition) is 6. The smallest absolute Gasteiger partial charge is 0.239 e. The van der Waals surface area contributed by atoms with Gasteiger partial charge in [0.2, 0.25) is 5.91 Å². The number of nitrogens with zero attached hydrogens (tertiary/aromatic N) is 2. The summed E-state index contributed by atoms with van der Waals surface area (Å²) in [7, 11) is 1.63. The number of nitrogens with one attached hydrogen (secondary N) is 2. The van der Waals surface area contributed by atoms with Gasteiger partial charge in [0.05, 0.1) is 29.1 Å². The van der Waals surface area contributed by atoms with Gasteiger partial charge in [-0.15, -0.1) is 11.3 Å². The highest BCUT2D eigenvalue weighted by Gasteiger charge is 2.18. The zero-order chi connectivity index (χ0) is 19.5. The number of fused-ring (bicyclic) bond motifs is 1. The fourth-order valence-electron chi connectivity index (χ4n) is 2.64. The maximum Gasteiger partial charge on any atom is 0.239 e. The van der Waals surface area contributed by atoms with E-state index in [1.165, 1.54) is 23.1 Å². The van der Waals surface area contributed by atoms with Crippen LogP contribution >= 0.6 is 23.1 Å². The van der Waals surface area contributed by atoms with Gasteiger partial charge < -0.3 is 15.0 Å². The summed E-state index contributed by atoms with van der Waals surface area (Å²) in [4.78, 5) is 24.8. The highest BCUT2D eigenvalue weighted by Crippen LogP contribution is 2.28. The van der Waals surface area contributed by atoms with Crippen LogP contribution < -0.4 is 10.1 Å². The minimum Gasteiger partial charge on any atom is -0.497 e. The molecule has 0 radical (unpaired) electrons. The normalized spacial score (nSPS) is 12.1. The maximum absolute atomic E-state index is 12.5. The minimum absolute atomic E-state index is 0.110. The first-order valence-corrected chi connectivity index (χ1v) is 10.4. The molecule has 1 atom stereocenters. The number of amides is 1. The number of carbonyl (C=O) groups excluding carboxylic acids is 1. The van der Waals surface area contributed by atoms with Crippen LogP contribution in [0.1, 0.15) is 6.92 Å². The Balaban J connectivity index is 1.40. The average molecular weight is 411 g/mol. The van der Waals surface area contributed by atoms with Crippen LogP contribution in [0.3, 0.4) is 0 Å². The molecule has 0 aliphatic rings. The van der Waals surface area contributed by atoms with Crippen molar-refractivity contribution in [2.24, 2.45) is 0 Å². The van der Waals surface area contributed by atoms with E-state index < -0.39 is 0 Å². The van der Waals surface area contributed by atoms with Gasteiger partial charge in [-0.3, -0.25) is 4.79 Å². The summed E-state index contributed by atoms with van der Waals surface area (Å²) in [5.74, 6) is 0.685. The number of aromatic nitrogens is 3. The number of hydrogen-bond donors (Lipinski definition) is 2. The van der Waals surface area contributed by atoms with E-state index in [1.54, 1.807) is 7.11 Å². The summed E-state index contributed by atoms with van der Waals surface area (Å²) in [5.41, 5.74) is 3.64. The Kier molecular flexibility index (Phi) is 5.31. The molecule has 6 nitrogen and oxygen atoms in total. The van der Waals surface area contributed by atoms with Gasteiger partial charge >= 0.3 is 0 Å². The highest BCUT2D eigenvalue weighted by atomic mass is 32.2. The van der Waals surface area contributed by atoms with Crippen LogP contribution in [0.4, 0.5) is 5.13 Å². The van der Waals surface area contributed by atoms with Gasteiger partial charge in [0.15, 0.2) is 10.3 Å². The number of imidazole rings is 1. The zero-order valence-corrected chi connectivity index (χ0v) is 16.9. The van der Waals surface area contributed by atoms with E-state index in [2.05, 4.69) is 20.3 Å². The van der Waals surface area contributed by atoms with E-state index in [4.69, 9.17) is 4.74 Å². The predicted octanol–water partition coefficient (Wildman–Crippen LogP) is 4.81. The molecule has 4 rings (SSSR count). The standard InChI is InChI=1S/C20H18N4O2S2/c1-12(28-20-21-15-5-3-4-6-16(15)22-20)18(25)24-19-23-17(11-27-19)13-7-9-14(26-2)10-8-13/h3-12H,1-2H3,(H,21,22)(H,23,24,25). The van der Waals surface area contributed by atoms with E-state index in [9.17, 15) is 4.79 Å². The summed E-state index contributed by atoms with van der Waals surface area (Å²) in [5, 5.41) is 5.80. The first-order valence-electron chi connectivity index (χ1n) is 8.64. The summed E-state index contributed by atoms with van der Waals surface area (Å²) in [6.45, 7) is 1.85. The van der Waals surface area contributed by atoms with Crippen LogP contribution in [0, 0.1) is 0 Å². The van der Waals surface area contributed by atoms with E-state index >= 15 is 0 Å². The Bertz CT molecular complexity index is 1070. The molecule has 142 valence electrons. The first kappa shape index (κ1) is 18.5. The number of thioether (sulfide) groups is 1. The molecule has 8 heteroatoms. The molecule has 0 saturated carbocycles. The number of thiazole rings is 1. The first-order chi connectivity index (χ1) is 13.6. The van der Waals surface area contributed by atoms with Crippen molar-refractivity contribution in [1.82, 2.24) is 15.0 Å². The lowest BCUT2D eigenvalue weighted by Crippen LogP contribution is -2.22. The lowest BCUT2D eigenvalue weighted by molar-refractivity contribution is -0.115. The van der Waals surface area contributed by atoms with Crippen molar-refractivity contribution < 1.29 is 9.53 Å². The molecule has 0 fully saturated rings. The number of aromatic amines is 1. The SMILES string of the molecule is COc1ccc(-c2csc(NC(=O)C(C)Sc3nc4ccccc4[nH]3)n2)cc1. The van der Waals surface area contributed by atoms with Gasteiger partial charge in [0.1, 0.15) is 5.75 Å². The Morgan fingerprint density at radius 2 is 1.96 bits per heavy atom. The summed E-state index contributed by atoms with van der Waals surface area (Å²) in [6, 6.07) is 15.5. The van der Waals surface area contributed by atoms with Crippen molar-refractivity contribution in [3.05, 3.63) is 53.9 Å². The third kappa shape index (κ3) is 4.02.